The fraction of sp³-hybridized carbons (Fsp3) is 0.429. The number of anilines is 1. The predicted molar refractivity (Wildman–Crippen MR) is 131 cm³/mol. The molecule has 1 aromatic heterocycles. The van der Waals surface area contributed by atoms with Gasteiger partial charge >= 0.3 is 0 Å². The van der Waals surface area contributed by atoms with Crippen molar-refractivity contribution >= 4 is 47.4 Å². The van der Waals surface area contributed by atoms with Gasteiger partial charge in [-0.15, -0.1) is 24.0 Å². The molecule has 2 heterocycles. The van der Waals surface area contributed by atoms with Crippen LogP contribution in [0.25, 0.3) is 0 Å². The normalized spacial score (nSPS) is 16.1. The van der Waals surface area contributed by atoms with Gasteiger partial charge in [-0.1, -0.05) is 29.8 Å². The molecule has 1 fully saturated rings. The summed E-state index contributed by atoms with van der Waals surface area (Å²) in [4.78, 5) is 11.1. The molecule has 2 aromatic rings. The maximum Gasteiger partial charge on any atom is 0.191 e. The van der Waals surface area contributed by atoms with E-state index in [1.807, 2.05) is 42.6 Å². The predicted octanol–water partition coefficient (Wildman–Crippen LogP) is 3.87. The maximum absolute atomic E-state index is 6.10. The lowest BCUT2D eigenvalue weighted by atomic mass is 10.1. The quantitative estimate of drug-likeness (QED) is 0.338. The number of ether oxygens (including phenoxy) is 1. The van der Waals surface area contributed by atoms with Crippen LogP contribution >= 0.6 is 35.6 Å². The van der Waals surface area contributed by atoms with Gasteiger partial charge in [0.15, 0.2) is 5.96 Å². The van der Waals surface area contributed by atoms with Crippen LogP contribution in [0.1, 0.15) is 24.5 Å². The van der Waals surface area contributed by atoms with Gasteiger partial charge in [0.1, 0.15) is 5.82 Å². The second-order valence-electron chi connectivity index (χ2n) is 6.83. The Bertz CT molecular complexity index is 769. The lowest BCUT2D eigenvalue weighted by Crippen LogP contribution is -2.49. The summed E-state index contributed by atoms with van der Waals surface area (Å²) >= 11 is 6.10. The van der Waals surface area contributed by atoms with E-state index < -0.39 is 0 Å². The van der Waals surface area contributed by atoms with E-state index in [0.717, 1.165) is 43.3 Å². The number of aliphatic imine (C=N–C) groups is 1. The second-order valence-corrected chi connectivity index (χ2v) is 7.26. The van der Waals surface area contributed by atoms with Crippen LogP contribution in [0.4, 0.5) is 5.82 Å². The number of methoxy groups -OCH3 is 1. The number of nitrogens with one attached hydrogen (secondary N) is 2. The van der Waals surface area contributed by atoms with Gasteiger partial charge in [-0.05, 0) is 42.7 Å². The van der Waals surface area contributed by atoms with Crippen molar-refractivity contribution in [3.8, 4) is 0 Å². The lowest BCUT2D eigenvalue weighted by Gasteiger charge is -2.34. The molecule has 1 aliphatic rings. The molecule has 6 nitrogen and oxygen atoms in total. The van der Waals surface area contributed by atoms with Crippen molar-refractivity contribution in [2.24, 2.45) is 4.99 Å². The minimum Gasteiger partial charge on any atom is -0.375 e. The molecule has 1 atom stereocenters. The van der Waals surface area contributed by atoms with Crippen LogP contribution in [-0.2, 0) is 4.74 Å². The molecule has 2 N–H and O–H groups in total. The molecule has 0 amide bonds. The summed E-state index contributed by atoms with van der Waals surface area (Å²) in [6, 6.07) is 14.2. The molecule has 8 heteroatoms. The molecule has 0 aliphatic carbocycles. The highest BCUT2D eigenvalue weighted by atomic mass is 127. The first-order valence-corrected chi connectivity index (χ1v) is 9.99. The van der Waals surface area contributed by atoms with Crippen molar-refractivity contribution in [3.05, 3.63) is 59.2 Å². The van der Waals surface area contributed by atoms with Crippen LogP contribution in [0.2, 0.25) is 5.02 Å². The number of halogens is 2. The van der Waals surface area contributed by atoms with E-state index >= 15 is 0 Å². The summed E-state index contributed by atoms with van der Waals surface area (Å²) in [5.41, 5.74) is 1.04. The number of aromatic nitrogens is 1. The molecule has 1 aliphatic heterocycles. The van der Waals surface area contributed by atoms with Crippen LogP contribution < -0.4 is 15.5 Å². The largest absolute Gasteiger partial charge is 0.375 e. The van der Waals surface area contributed by atoms with Crippen molar-refractivity contribution in [3.63, 3.8) is 0 Å². The van der Waals surface area contributed by atoms with E-state index in [0.29, 0.717) is 17.6 Å². The number of rotatable bonds is 6. The fourth-order valence-corrected chi connectivity index (χ4v) is 3.61. The molecule has 3 rings (SSSR count). The smallest absolute Gasteiger partial charge is 0.191 e. The summed E-state index contributed by atoms with van der Waals surface area (Å²) in [5.74, 6) is 1.84. The van der Waals surface area contributed by atoms with Crippen LogP contribution in [0.5, 0.6) is 0 Å². The van der Waals surface area contributed by atoms with Crippen LogP contribution in [0, 0.1) is 0 Å². The van der Waals surface area contributed by atoms with Gasteiger partial charge in [0, 0.05) is 51.1 Å². The molecule has 0 saturated carbocycles. The number of pyridine rings is 1. The third kappa shape index (κ3) is 7.01. The van der Waals surface area contributed by atoms with Crippen molar-refractivity contribution in [1.29, 1.82) is 0 Å². The Morgan fingerprint density at radius 3 is 2.69 bits per heavy atom. The zero-order chi connectivity index (χ0) is 19.8. The van der Waals surface area contributed by atoms with Crippen LogP contribution in [-0.4, -0.2) is 50.8 Å². The third-order valence-electron chi connectivity index (χ3n) is 4.99. The van der Waals surface area contributed by atoms with Gasteiger partial charge < -0.3 is 20.3 Å². The van der Waals surface area contributed by atoms with Gasteiger partial charge in [0.2, 0.25) is 0 Å². The van der Waals surface area contributed by atoms with Gasteiger partial charge in [-0.25, -0.2) is 4.98 Å². The first-order chi connectivity index (χ1) is 13.7. The third-order valence-corrected chi connectivity index (χ3v) is 5.23. The van der Waals surface area contributed by atoms with Crippen molar-refractivity contribution < 1.29 is 4.74 Å². The van der Waals surface area contributed by atoms with Crippen LogP contribution in [0.15, 0.2) is 53.7 Å². The first-order valence-electron chi connectivity index (χ1n) is 9.61. The average molecular weight is 530 g/mol. The number of piperidine rings is 1. The minimum atomic E-state index is -0.0942. The number of nitrogens with zero attached hydrogens (tertiary/aromatic N) is 3. The Morgan fingerprint density at radius 1 is 1.28 bits per heavy atom. The highest BCUT2D eigenvalue weighted by Crippen LogP contribution is 2.20. The zero-order valence-corrected chi connectivity index (χ0v) is 19.9. The van der Waals surface area contributed by atoms with Gasteiger partial charge in [0.05, 0.1) is 6.10 Å². The van der Waals surface area contributed by atoms with Crippen molar-refractivity contribution in [2.75, 3.05) is 38.7 Å². The highest BCUT2D eigenvalue weighted by Gasteiger charge is 2.21. The molecular weight excluding hydrogens is 501 g/mol. The van der Waals surface area contributed by atoms with Crippen molar-refractivity contribution in [1.82, 2.24) is 15.6 Å². The molecule has 158 valence electrons. The van der Waals surface area contributed by atoms with E-state index in [-0.39, 0.29) is 30.1 Å². The van der Waals surface area contributed by atoms with Gasteiger partial charge in [-0.2, -0.15) is 0 Å². The summed E-state index contributed by atoms with van der Waals surface area (Å²) in [7, 11) is 3.50. The van der Waals surface area contributed by atoms with Gasteiger partial charge in [-0.3, -0.25) is 4.99 Å². The molecule has 29 heavy (non-hydrogen) atoms. The summed E-state index contributed by atoms with van der Waals surface area (Å²) < 4.78 is 5.62. The van der Waals surface area contributed by atoms with E-state index in [1.165, 1.54) is 0 Å². The SMILES string of the molecule is CN=C(NCC(OC)c1cccc(Cl)c1)NC1CCN(c2ccccn2)CC1.I. The fourth-order valence-electron chi connectivity index (χ4n) is 3.42. The zero-order valence-electron chi connectivity index (χ0n) is 16.8. The maximum atomic E-state index is 6.10. The Kier molecular flexibility index (Phi) is 9.96. The highest BCUT2D eigenvalue weighted by molar-refractivity contribution is 14.0. The van der Waals surface area contributed by atoms with Gasteiger partial charge in [0.25, 0.3) is 0 Å². The molecule has 1 saturated heterocycles. The molecule has 0 radical (unpaired) electrons. The monoisotopic (exact) mass is 529 g/mol. The summed E-state index contributed by atoms with van der Waals surface area (Å²) in [6.45, 7) is 2.58. The molecule has 0 bridgehead atoms. The van der Waals surface area contributed by atoms with Crippen molar-refractivity contribution in [2.45, 2.75) is 25.0 Å². The summed E-state index contributed by atoms with van der Waals surface area (Å²) in [6.07, 6.45) is 3.83. The standard InChI is InChI=1S/C21H28ClN5O.HI/c1-23-21(25-15-19(28-2)16-6-5-7-17(22)14-16)26-18-9-12-27(13-10-18)20-8-3-4-11-24-20;/h3-8,11,14,18-19H,9-10,12-13,15H2,1-2H3,(H2,23,25,26);1H. The Balaban J connectivity index is 0.00000300. The lowest BCUT2D eigenvalue weighted by molar-refractivity contribution is 0.106. The van der Waals surface area contributed by atoms with E-state index in [9.17, 15) is 0 Å². The molecule has 1 unspecified atom stereocenters. The topological polar surface area (TPSA) is 61.8 Å². The summed E-state index contributed by atoms with van der Waals surface area (Å²) in [5, 5.41) is 7.61. The van der Waals surface area contributed by atoms with E-state index in [1.54, 1.807) is 14.2 Å². The first kappa shape index (κ1) is 23.7. The number of hydrogen-bond acceptors (Lipinski definition) is 4. The Morgan fingerprint density at radius 2 is 2.07 bits per heavy atom. The average Bonchev–Trinajstić information content (AvgIpc) is 2.74. The number of guanidine groups is 1. The second kappa shape index (κ2) is 12.2. The Hall–Kier alpha value is -1.58. The number of hydrogen-bond donors (Lipinski definition) is 2. The molecular formula is C21H29ClIN5O. The number of benzene rings is 1. The Labute approximate surface area is 195 Å². The minimum absolute atomic E-state index is 0. The van der Waals surface area contributed by atoms with E-state index in [2.05, 4.69) is 31.6 Å². The molecule has 1 aromatic carbocycles. The molecule has 0 spiro atoms. The van der Waals surface area contributed by atoms with E-state index in [4.69, 9.17) is 16.3 Å². The van der Waals surface area contributed by atoms with Crippen LogP contribution in [0.3, 0.4) is 0 Å².